The fourth-order valence-corrected chi connectivity index (χ4v) is 3.91. The van der Waals surface area contributed by atoms with Crippen LogP contribution in [0, 0.1) is 0 Å². The molecule has 5 heteroatoms. The van der Waals surface area contributed by atoms with E-state index in [1.54, 1.807) is 5.01 Å². The highest BCUT2D eigenvalue weighted by Gasteiger charge is 2.32. The third kappa shape index (κ3) is 4.10. The molecule has 1 aromatic carbocycles. The van der Waals surface area contributed by atoms with Gasteiger partial charge in [0.05, 0.1) is 12.6 Å². The minimum absolute atomic E-state index is 0.158. The Hall–Kier alpha value is -2.27. The van der Waals surface area contributed by atoms with Gasteiger partial charge in [-0.2, -0.15) is 0 Å². The molecule has 1 aromatic heterocycles. The number of nitrogens with zero attached hydrogens (tertiary/aromatic N) is 3. The first kappa shape index (κ1) is 18.5. The first-order valence-electron chi connectivity index (χ1n) is 9.62. The molecular formula is C21H29N3O2. The third-order valence-electron chi connectivity index (χ3n) is 5.15. The Morgan fingerprint density at radius 1 is 1.12 bits per heavy atom. The molecule has 0 bridgehead atoms. The van der Waals surface area contributed by atoms with E-state index >= 15 is 0 Å². The lowest BCUT2D eigenvalue weighted by atomic mass is 9.97. The molecule has 3 rings (SSSR count). The van der Waals surface area contributed by atoms with E-state index in [0.29, 0.717) is 12.6 Å². The van der Waals surface area contributed by atoms with Crippen LogP contribution in [0.15, 0.2) is 54.9 Å². The molecule has 1 saturated heterocycles. The number of rotatable bonds is 6. The van der Waals surface area contributed by atoms with Crippen LogP contribution in [0.5, 0.6) is 0 Å². The van der Waals surface area contributed by atoms with Crippen molar-refractivity contribution in [3.8, 4) is 0 Å². The van der Waals surface area contributed by atoms with E-state index in [1.165, 1.54) is 5.56 Å². The molecule has 1 fully saturated rings. The number of likely N-dealkylation sites (tertiary alicyclic amines) is 1. The van der Waals surface area contributed by atoms with Gasteiger partial charge in [0.2, 0.25) is 0 Å². The van der Waals surface area contributed by atoms with Gasteiger partial charge in [0.15, 0.2) is 0 Å². The van der Waals surface area contributed by atoms with Gasteiger partial charge in [0.25, 0.3) is 0 Å². The first-order chi connectivity index (χ1) is 12.7. The zero-order valence-electron chi connectivity index (χ0n) is 15.8. The molecule has 1 atom stereocenters. The molecule has 0 N–H and O–H groups in total. The van der Waals surface area contributed by atoms with E-state index in [9.17, 15) is 4.79 Å². The molecular weight excluding hydrogens is 326 g/mol. The van der Waals surface area contributed by atoms with E-state index in [4.69, 9.17) is 4.74 Å². The van der Waals surface area contributed by atoms with Crippen LogP contribution in [0.3, 0.4) is 0 Å². The maximum Gasteiger partial charge on any atom is 0.429 e. The molecule has 1 unspecified atom stereocenters. The van der Waals surface area contributed by atoms with E-state index in [2.05, 4.69) is 42.2 Å². The van der Waals surface area contributed by atoms with E-state index in [-0.39, 0.29) is 12.1 Å². The van der Waals surface area contributed by atoms with Gasteiger partial charge in [-0.05, 0) is 43.9 Å². The summed E-state index contributed by atoms with van der Waals surface area (Å²) in [6.07, 6.45) is 6.52. The molecule has 2 aromatic rings. The summed E-state index contributed by atoms with van der Waals surface area (Å²) >= 11 is 0. The Bertz CT molecular complexity index is 664. The van der Waals surface area contributed by atoms with Crippen LogP contribution in [-0.4, -0.2) is 41.4 Å². The molecule has 140 valence electrons. The minimum Gasteiger partial charge on any atom is -0.448 e. The number of hydrogen-bond acceptors (Lipinski definition) is 3. The van der Waals surface area contributed by atoms with Gasteiger partial charge < -0.3 is 4.74 Å². The van der Waals surface area contributed by atoms with Crippen molar-refractivity contribution in [1.82, 2.24) is 9.58 Å². The van der Waals surface area contributed by atoms with Crippen LogP contribution in [0.2, 0.25) is 0 Å². The lowest BCUT2D eigenvalue weighted by Gasteiger charge is -2.41. The van der Waals surface area contributed by atoms with Gasteiger partial charge in [-0.15, -0.1) is 0 Å². The smallest absolute Gasteiger partial charge is 0.429 e. The highest BCUT2D eigenvalue weighted by molar-refractivity contribution is 5.79. The second-order valence-electron chi connectivity index (χ2n) is 6.71. The predicted molar refractivity (Wildman–Crippen MR) is 104 cm³/mol. The summed E-state index contributed by atoms with van der Waals surface area (Å²) < 4.78 is 7.15. The molecule has 1 aliphatic rings. The first-order valence-corrected chi connectivity index (χ1v) is 9.62. The molecule has 26 heavy (non-hydrogen) atoms. The number of amides is 1. The second kappa shape index (κ2) is 8.90. The average molecular weight is 355 g/mol. The predicted octanol–water partition coefficient (Wildman–Crippen LogP) is 4.20. The van der Waals surface area contributed by atoms with Crippen molar-refractivity contribution < 1.29 is 9.53 Å². The lowest BCUT2D eigenvalue weighted by Crippen LogP contribution is -2.53. The monoisotopic (exact) mass is 355 g/mol. The Balaban J connectivity index is 1.68. The van der Waals surface area contributed by atoms with Crippen molar-refractivity contribution in [2.24, 2.45) is 0 Å². The van der Waals surface area contributed by atoms with E-state index in [1.807, 2.05) is 36.1 Å². The molecule has 2 heterocycles. The zero-order valence-corrected chi connectivity index (χ0v) is 15.8. The maximum absolute atomic E-state index is 12.5. The van der Waals surface area contributed by atoms with Crippen molar-refractivity contribution >= 4 is 6.09 Å². The summed E-state index contributed by atoms with van der Waals surface area (Å²) in [6, 6.07) is 15.2. The van der Waals surface area contributed by atoms with Gasteiger partial charge in [0.1, 0.15) is 0 Å². The Morgan fingerprint density at radius 3 is 2.35 bits per heavy atom. The van der Waals surface area contributed by atoms with Gasteiger partial charge in [-0.25, -0.2) is 9.80 Å². The molecule has 5 nitrogen and oxygen atoms in total. The second-order valence-corrected chi connectivity index (χ2v) is 6.71. The Labute approximate surface area is 156 Å². The van der Waals surface area contributed by atoms with Crippen molar-refractivity contribution in [3.63, 3.8) is 0 Å². The molecule has 0 saturated carbocycles. The Morgan fingerprint density at radius 2 is 1.77 bits per heavy atom. The highest BCUT2D eigenvalue weighted by atomic mass is 16.6. The normalized spacial score (nSPS) is 17.0. The van der Waals surface area contributed by atoms with Crippen molar-refractivity contribution in [3.05, 3.63) is 60.4 Å². The van der Waals surface area contributed by atoms with Crippen LogP contribution in [0.25, 0.3) is 0 Å². The third-order valence-corrected chi connectivity index (χ3v) is 5.15. The summed E-state index contributed by atoms with van der Waals surface area (Å²) in [5.74, 6) is 0. The number of benzene rings is 1. The number of ether oxygens (including phenoxy) is 1. The standard InChI is InChI=1S/C21H29N3O2/c1-3-20(18-10-6-5-7-11-18)22-16-12-19(13-17-22)24(21(25)26-4-2)23-14-8-9-15-23/h5-11,14-15,19-20H,3-4,12-13,16-17H2,1-2H3. The number of hydrogen-bond donors (Lipinski definition) is 0. The quantitative estimate of drug-likeness (QED) is 0.779. The van der Waals surface area contributed by atoms with Crippen molar-refractivity contribution in [2.75, 3.05) is 24.7 Å². The van der Waals surface area contributed by atoms with E-state index < -0.39 is 0 Å². The summed E-state index contributed by atoms with van der Waals surface area (Å²) in [4.78, 5) is 15.0. The van der Waals surface area contributed by atoms with Crippen LogP contribution in [-0.2, 0) is 4.74 Å². The van der Waals surface area contributed by atoms with Crippen molar-refractivity contribution in [2.45, 2.75) is 45.2 Å². The number of aromatic nitrogens is 1. The fraction of sp³-hybridized carbons (Fsp3) is 0.476. The number of carbonyl (C=O) groups excluding carboxylic acids is 1. The van der Waals surface area contributed by atoms with Gasteiger partial charge in [-0.3, -0.25) is 9.58 Å². The molecule has 0 radical (unpaired) electrons. The van der Waals surface area contributed by atoms with Crippen LogP contribution < -0.4 is 5.01 Å². The fourth-order valence-electron chi connectivity index (χ4n) is 3.91. The summed E-state index contributed by atoms with van der Waals surface area (Å²) in [5.41, 5.74) is 1.38. The highest BCUT2D eigenvalue weighted by Crippen LogP contribution is 2.28. The molecule has 0 spiro atoms. The summed E-state index contributed by atoms with van der Waals surface area (Å²) in [7, 11) is 0. The zero-order chi connectivity index (χ0) is 18.4. The van der Waals surface area contributed by atoms with Gasteiger partial charge in [-0.1, -0.05) is 37.3 Å². The lowest BCUT2D eigenvalue weighted by molar-refractivity contribution is 0.122. The molecule has 1 amide bonds. The minimum atomic E-state index is -0.266. The van der Waals surface area contributed by atoms with Crippen LogP contribution in [0.4, 0.5) is 4.79 Å². The van der Waals surface area contributed by atoms with Crippen LogP contribution in [0.1, 0.15) is 44.7 Å². The average Bonchev–Trinajstić information content (AvgIpc) is 3.19. The SMILES string of the molecule is CCOC(=O)N(C1CCN(C(CC)c2ccccc2)CC1)n1cccc1. The topological polar surface area (TPSA) is 37.7 Å². The Kier molecular flexibility index (Phi) is 6.34. The summed E-state index contributed by atoms with van der Waals surface area (Å²) in [5, 5.41) is 1.77. The molecule has 0 aliphatic carbocycles. The van der Waals surface area contributed by atoms with Crippen molar-refractivity contribution in [1.29, 1.82) is 0 Å². The largest absolute Gasteiger partial charge is 0.448 e. The molecule has 1 aliphatic heterocycles. The number of carbonyl (C=O) groups is 1. The van der Waals surface area contributed by atoms with Crippen LogP contribution >= 0.6 is 0 Å². The maximum atomic E-state index is 12.5. The van der Waals surface area contributed by atoms with Gasteiger partial charge in [0, 0.05) is 31.5 Å². The number of piperidine rings is 1. The summed E-state index contributed by atoms with van der Waals surface area (Å²) in [6.45, 7) is 6.44. The van der Waals surface area contributed by atoms with E-state index in [0.717, 1.165) is 32.4 Å². The van der Waals surface area contributed by atoms with Gasteiger partial charge >= 0.3 is 6.09 Å².